The Morgan fingerprint density at radius 1 is 1.24 bits per heavy atom. The van der Waals surface area contributed by atoms with Gasteiger partial charge in [-0.15, -0.1) is 0 Å². The maximum atomic E-state index is 13.3. The van der Waals surface area contributed by atoms with Gasteiger partial charge in [0.15, 0.2) is 11.4 Å². The molecule has 1 aliphatic carbocycles. The number of nitrogens with zero attached hydrogens (tertiary/aromatic N) is 3. The quantitative estimate of drug-likeness (QED) is 0.373. The number of anilines is 1. The summed E-state index contributed by atoms with van der Waals surface area (Å²) in [6.45, 7) is 0. The minimum absolute atomic E-state index is 0.126. The van der Waals surface area contributed by atoms with Gasteiger partial charge in [-0.1, -0.05) is 35.3 Å². The Kier molecular flexibility index (Phi) is 6.83. The summed E-state index contributed by atoms with van der Waals surface area (Å²) in [6, 6.07) is 8.36. The second-order valence-electron chi connectivity index (χ2n) is 7.49. The molecule has 0 aliphatic heterocycles. The van der Waals surface area contributed by atoms with E-state index in [0.29, 0.717) is 33.3 Å². The normalized spacial score (nSPS) is 13.7. The second kappa shape index (κ2) is 9.95. The van der Waals surface area contributed by atoms with Crippen molar-refractivity contribution in [2.75, 3.05) is 12.4 Å². The van der Waals surface area contributed by atoms with Gasteiger partial charge in [0.1, 0.15) is 11.4 Å². The van der Waals surface area contributed by atoms with Gasteiger partial charge in [0, 0.05) is 17.0 Å². The van der Waals surface area contributed by atoms with Crippen molar-refractivity contribution in [3.8, 4) is 34.8 Å². The van der Waals surface area contributed by atoms with Crippen LogP contribution < -0.4 is 10.1 Å². The number of halogens is 2. The van der Waals surface area contributed by atoms with Crippen molar-refractivity contribution in [3.63, 3.8) is 0 Å². The van der Waals surface area contributed by atoms with Gasteiger partial charge in [-0.25, -0.2) is 13.8 Å². The molecule has 1 atom stereocenters. The number of alkyl halides is 2. The molecule has 33 heavy (non-hydrogen) atoms. The number of aliphatic hydroxyl groups excluding tert-OH is 1. The molecule has 1 aromatic carbocycles. The van der Waals surface area contributed by atoms with E-state index in [2.05, 4.69) is 33.2 Å². The summed E-state index contributed by atoms with van der Waals surface area (Å²) in [5, 5.41) is 23.5. The minimum atomic E-state index is -2.77. The molecule has 0 saturated heterocycles. The molecule has 3 aromatic rings. The predicted molar refractivity (Wildman–Crippen MR) is 121 cm³/mol. The van der Waals surface area contributed by atoms with Gasteiger partial charge >= 0.3 is 0 Å². The second-order valence-corrected chi connectivity index (χ2v) is 8.52. The molecular weight excluding hydrogens is 446 g/mol. The van der Waals surface area contributed by atoms with Crippen LogP contribution in [0.1, 0.15) is 47.2 Å². The molecule has 0 spiro atoms. The van der Waals surface area contributed by atoms with E-state index in [0.717, 1.165) is 17.7 Å². The lowest BCUT2D eigenvalue weighted by Gasteiger charge is -2.19. The Bertz CT molecular complexity index is 1260. The molecule has 6 nitrogen and oxygen atoms in total. The SMILES string of the molecule is COc1cnc(C(F)F)cc1-c1cc(CC#N)ccc1C(O)Nc1ncc(C#CC2CC2)s1. The predicted octanol–water partition coefficient (Wildman–Crippen LogP) is 5.08. The Balaban J connectivity index is 1.69. The largest absolute Gasteiger partial charge is 0.494 e. The summed E-state index contributed by atoms with van der Waals surface area (Å²) in [5.74, 6) is 7.00. The van der Waals surface area contributed by atoms with Gasteiger partial charge in [0.25, 0.3) is 6.43 Å². The highest BCUT2D eigenvalue weighted by atomic mass is 32.1. The van der Waals surface area contributed by atoms with Crippen LogP contribution in [0.25, 0.3) is 11.1 Å². The summed E-state index contributed by atoms with van der Waals surface area (Å²) in [7, 11) is 1.41. The molecule has 1 aliphatic rings. The average Bonchev–Trinajstić information content (AvgIpc) is 3.55. The van der Waals surface area contributed by atoms with E-state index in [1.165, 1.54) is 30.7 Å². The number of pyridine rings is 1. The van der Waals surface area contributed by atoms with E-state index in [1.54, 1.807) is 24.4 Å². The lowest BCUT2D eigenvalue weighted by atomic mass is 9.95. The molecule has 4 rings (SSSR count). The van der Waals surface area contributed by atoms with Crippen molar-refractivity contribution in [2.24, 2.45) is 5.92 Å². The van der Waals surface area contributed by atoms with Gasteiger partial charge in [-0.05, 0) is 36.1 Å². The zero-order valence-electron chi connectivity index (χ0n) is 17.7. The number of ether oxygens (including phenoxy) is 1. The standard InChI is InChI=1S/C24H20F2N4O2S/c1-32-21-13-28-20(22(25)26)11-19(21)18-10-15(8-9-27)5-7-17(18)23(31)30-24-29-12-16(33-24)6-4-14-2-3-14/h5,7,10-14,22-23,31H,2-3,8H2,1H3,(H,29,30). The number of hydrogen-bond acceptors (Lipinski definition) is 7. The molecule has 1 saturated carbocycles. The highest BCUT2D eigenvalue weighted by Gasteiger charge is 2.21. The van der Waals surface area contributed by atoms with Gasteiger partial charge in [0.2, 0.25) is 0 Å². The lowest BCUT2D eigenvalue weighted by molar-refractivity contribution is 0.146. The van der Waals surface area contributed by atoms with Crippen LogP contribution >= 0.6 is 11.3 Å². The summed E-state index contributed by atoms with van der Waals surface area (Å²) in [5.41, 5.74) is 1.47. The first kappa shape index (κ1) is 22.7. The minimum Gasteiger partial charge on any atom is -0.494 e. The molecule has 0 radical (unpaired) electrons. The fraction of sp³-hybridized carbons (Fsp3) is 0.292. The maximum absolute atomic E-state index is 13.3. The van der Waals surface area contributed by atoms with E-state index < -0.39 is 18.3 Å². The molecule has 9 heteroatoms. The Morgan fingerprint density at radius 3 is 2.76 bits per heavy atom. The zero-order chi connectivity index (χ0) is 23.4. The van der Waals surface area contributed by atoms with Crippen LogP contribution in [0.3, 0.4) is 0 Å². The monoisotopic (exact) mass is 466 g/mol. The Hall–Kier alpha value is -3.53. The Labute approximate surface area is 193 Å². The van der Waals surface area contributed by atoms with E-state index in [1.807, 2.05) is 0 Å². The van der Waals surface area contributed by atoms with Gasteiger partial charge in [-0.2, -0.15) is 5.26 Å². The molecule has 1 unspecified atom stereocenters. The van der Waals surface area contributed by atoms with Crippen molar-refractivity contribution >= 4 is 16.5 Å². The number of nitriles is 1. The number of nitrogens with one attached hydrogen (secondary N) is 1. The first-order valence-corrected chi connectivity index (χ1v) is 11.0. The third kappa shape index (κ3) is 5.46. The molecule has 168 valence electrons. The Morgan fingerprint density at radius 2 is 2.06 bits per heavy atom. The number of aliphatic hydroxyl groups is 1. The summed E-state index contributed by atoms with van der Waals surface area (Å²) >= 11 is 1.32. The summed E-state index contributed by atoms with van der Waals surface area (Å²) in [6.07, 6.45) is 1.29. The summed E-state index contributed by atoms with van der Waals surface area (Å²) in [4.78, 5) is 8.81. The number of thiazole rings is 1. The number of aromatic nitrogens is 2. The smallest absolute Gasteiger partial charge is 0.280 e. The van der Waals surface area contributed by atoms with E-state index in [9.17, 15) is 13.9 Å². The van der Waals surface area contributed by atoms with Crippen molar-refractivity contribution in [3.05, 3.63) is 58.4 Å². The number of methoxy groups -OCH3 is 1. The molecule has 2 aromatic heterocycles. The highest BCUT2D eigenvalue weighted by Crippen LogP contribution is 2.38. The summed E-state index contributed by atoms with van der Waals surface area (Å²) < 4.78 is 32.0. The molecule has 0 amide bonds. The van der Waals surface area contributed by atoms with Crippen molar-refractivity contribution < 1.29 is 18.6 Å². The van der Waals surface area contributed by atoms with Crippen molar-refractivity contribution in [1.29, 1.82) is 5.26 Å². The molecule has 2 heterocycles. The topological polar surface area (TPSA) is 91.1 Å². The van der Waals surface area contributed by atoms with E-state index in [4.69, 9.17) is 10.00 Å². The third-order valence-electron chi connectivity index (χ3n) is 5.06. The zero-order valence-corrected chi connectivity index (χ0v) is 18.5. The number of rotatable bonds is 7. The lowest BCUT2D eigenvalue weighted by Crippen LogP contribution is -2.11. The fourth-order valence-electron chi connectivity index (χ4n) is 3.22. The van der Waals surface area contributed by atoms with E-state index >= 15 is 0 Å². The van der Waals surface area contributed by atoms with Gasteiger partial charge in [-0.3, -0.25) is 4.98 Å². The van der Waals surface area contributed by atoms with Crippen LogP contribution in [0.4, 0.5) is 13.9 Å². The number of hydrogen-bond donors (Lipinski definition) is 2. The molecule has 0 bridgehead atoms. The van der Waals surface area contributed by atoms with Crippen molar-refractivity contribution in [2.45, 2.75) is 31.9 Å². The van der Waals surface area contributed by atoms with Crippen LogP contribution in [0.5, 0.6) is 5.75 Å². The van der Waals surface area contributed by atoms with Gasteiger partial charge in [0.05, 0.1) is 36.9 Å². The van der Waals surface area contributed by atoms with Crippen LogP contribution in [0, 0.1) is 29.1 Å². The maximum Gasteiger partial charge on any atom is 0.280 e. The fourth-order valence-corrected chi connectivity index (χ4v) is 3.92. The van der Waals surface area contributed by atoms with E-state index in [-0.39, 0.29) is 12.2 Å². The average molecular weight is 467 g/mol. The number of benzene rings is 1. The van der Waals surface area contributed by atoms with Gasteiger partial charge < -0.3 is 15.2 Å². The first-order chi connectivity index (χ1) is 16.0. The first-order valence-electron chi connectivity index (χ1n) is 10.2. The highest BCUT2D eigenvalue weighted by molar-refractivity contribution is 7.16. The molecule has 2 N–H and O–H groups in total. The van der Waals surface area contributed by atoms with Crippen molar-refractivity contribution in [1.82, 2.24) is 9.97 Å². The van der Waals surface area contributed by atoms with Crippen LogP contribution in [-0.4, -0.2) is 22.2 Å². The molecule has 1 fully saturated rings. The molecular formula is C24H20F2N4O2S. The van der Waals surface area contributed by atoms with Crippen LogP contribution in [0.15, 0.2) is 36.7 Å². The van der Waals surface area contributed by atoms with Crippen LogP contribution in [0.2, 0.25) is 0 Å². The third-order valence-corrected chi connectivity index (χ3v) is 5.90. The van der Waals surface area contributed by atoms with Crippen LogP contribution in [-0.2, 0) is 6.42 Å².